The zero-order chi connectivity index (χ0) is 20.4. The highest BCUT2D eigenvalue weighted by Gasteiger charge is 2.54. The standard InChI is InChI=1S/C19H23ClF2N4O2S/c1-11-5-18(16-12(4-15(20)29-16)19(21,22)10-28-18)6-13(23-11)14-7-26(25-24-14)8-17(9-27)2-3-17/h4,7,11,13,23,27H,2-3,5-6,8-10H2,1H3/t11-,13-,18-/m0/s1. The Hall–Kier alpha value is -1.13. The summed E-state index contributed by atoms with van der Waals surface area (Å²) >= 11 is 7.31. The number of fused-ring (bicyclic) bond motifs is 2. The van der Waals surface area contributed by atoms with E-state index in [2.05, 4.69) is 15.6 Å². The fourth-order valence-corrected chi connectivity index (χ4v) is 6.08. The average Bonchev–Trinajstić information content (AvgIpc) is 3.07. The fraction of sp³-hybridized carbons (Fsp3) is 0.684. The minimum atomic E-state index is -3.03. The predicted molar refractivity (Wildman–Crippen MR) is 104 cm³/mol. The third kappa shape index (κ3) is 3.40. The first-order chi connectivity index (χ1) is 13.7. The van der Waals surface area contributed by atoms with Crippen LogP contribution >= 0.6 is 22.9 Å². The molecule has 4 heterocycles. The number of aliphatic hydroxyl groups excluding tert-OH is 1. The highest BCUT2D eigenvalue weighted by molar-refractivity contribution is 7.16. The monoisotopic (exact) mass is 444 g/mol. The van der Waals surface area contributed by atoms with E-state index in [-0.39, 0.29) is 29.7 Å². The number of nitrogens with zero attached hydrogens (tertiary/aromatic N) is 3. The summed E-state index contributed by atoms with van der Waals surface area (Å²) in [6, 6.07) is 1.26. The van der Waals surface area contributed by atoms with Crippen LogP contribution in [0.4, 0.5) is 8.78 Å². The summed E-state index contributed by atoms with van der Waals surface area (Å²) in [5.41, 5.74) is -0.125. The highest BCUT2D eigenvalue weighted by atomic mass is 35.5. The van der Waals surface area contributed by atoms with Crippen molar-refractivity contribution < 1.29 is 18.6 Å². The maximum absolute atomic E-state index is 14.4. The molecular weight excluding hydrogens is 422 g/mol. The summed E-state index contributed by atoms with van der Waals surface area (Å²) in [6.45, 7) is 2.16. The first kappa shape index (κ1) is 19.8. The second-order valence-electron chi connectivity index (χ2n) is 8.81. The molecule has 1 saturated carbocycles. The van der Waals surface area contributed by atoms with E-state index in [0.717, 1.165) is 18.5 Å². The summed E-state index contributed by atoms with van der Waals surface area (Å²) in [7, 11) is 0. The number of halogens is 3. The highest BCUT2D eigenvalue weighted by Crippen LogP contribution is 2.54. The van der Waals surface area contributed by atoms with Gasteiger partial charge in [-0.3, -0.25) is 4.68 Å². The average molecular weight is 445 g/mol. The van der Waals surface area contributed by atoms with E-state index in [4.69, 9.17) is 16.3 Å². The van der Waals surface area contributed by atoms with Gasteiger partial charge in [-0.05, 0) is 32.3 Å². The second kappa shape index (κ2) is 6.68. The molecular formula is C19H23ClF2N4O2S. The molecule has 1 aliphatic carbocycles. The molecule has 6 nitrogen and oxygen atoms in total. The molecule has 3 aliphatic rings. The van der Waals surface area contributed by atoms with Gasteiger partial charge in [-0.1, -0.05) is 16.8 Å². The van der Waals surface area contributed by atoms with Gasteiger partial charge < -0.3 is 15.2 Å². The van der Waals surface area contributed by atoms with Gasteiger partial charge in [0.1, 0.15) is 12.2 Å². The molecule has 5 rings (SSSR count). The number of ether oxygens (including phenoxy) is 1. The Bertz CT molecular complexity index is 931. The van der Waals surface area contributed by atoms with Gasteiger partial charge in [-0.2, -0.15) is 8.78 Å². The number of rotatable bonds is 4. The number of aliphatic hydroxyl groups is 1. The summed E-state index contributed by atoms with van der Waals surface area (Å²) < 4.78 is 36.9. The third-order valence-corrected chi connectivity index (χ3v) is 7.85. The number of alkyl halides is 2. The van der Waals surface area contributed by atoms with Crippen molar-refractivity contribution in [2.45, 2.75) is 62.8 Å². The van der Waals surface area contributed by atoms with Crippen molar-refractivity contribution in [1.29, 1.82) is 0 Å². The van der Waals surface area contributed by atoms with Gasteiger partial charge in [0.25, 0.3) is 5.92 Å². The van der Waals surface area contributed by atoms with Crippen LogP contribution in [0.3, 0.4) is 0 Å². The predicted octanol–water partition coefficient (Wildman–Crippen LogP) is 3.60. The lowest BCUT2D eigenvalue weighted by Crippen LogP contribution is -2.51. The Morgan fingerprint density at radius 1 is 1.41 bits per heavy atom. The molecule has 2 aromatic heterocycles. The molecule has 2 aromatic rings. The van der Waals surface area contributed by atoms with Gasteiger partial charge in [0.15, 0.2) is 0 Å². The van der Waals surface area contributed by atoms with Gasteiger partial charge in [0.2, 0.25) is 0 Å². The molecule has 10 heteroatoms. The van der Waals surface area contributed by atoms with Crippen molar-refractivity contribution in [2.75, 3.05) is 13.2 Å². The van der Waals surface area contributed by atoms with Crippen molar-refractivity contribution in [1.82, 2.24) is 20.3 Å². The Kier molecular flexibility index (Phi) is 4.57. The zero-order valence-electron chi connectivity index (χ0n) is 16.0. The molecule has 0 bridgehead atoms. The lowest BCUT2D eigenvalue weighted by atomic mass is 9.78. The van der Waals surface area contributed by atoms with E-state index < -0.39 is 18.1 Å². The van der Waals surface area contributed by atoms with Crippen molar-refractivity contribution in [3.05, 3.63) is 32.7 Å². The van der Waals surface area contributed by atoms with Crippen LogP contribution in [0.5, 0.6) is 0 Å². The second-order valence-corrected chi connectivity index (χ2v) is 10.5. The number of thiophene rings is 1. The SMILES string of the molecule is C[C@H]1C[C@@]2(C[C@@H](c3cn(CC4(CO)CC4)nn3)N1)OCC(F)(F)c1cc(Cl)sc12. The Morgan fingerprint density at radius 2 is 2.21 bits per heavy atom. The van der Waals surface area contributed by atoms with Crippen LogP contribution < -0.4 is 5.32 Å². The lowest BCUT2D eigenvalue weighted by Gasteiger charge is -2.47. The maximum atomic E-state index is 14.4. The van der Waals surface area contributed by atoms with Crippen LogP contribution in [0.1, 0.15) is 54.8 Å². The van der Waals surface area contributed by atoms with Crippen LogP contribution in [0.15, 0.2) is 12.3 Å². The Morgan fingerprint density at radius 3 is 2.93 bits per heavy atom. The van der Waals surface area contributed by atoms with Crippen LogP contribution in [0.25, 0.3) is 0 Å². The summed E-state index contributed by atoms with van der Waals surface area (Å²) in [4.78, 5) is 0.529. The van der Waals surface area contributed by atoms with Crippen molar-refractivity contribution in [3.63, 3.8) is 0 Å². The van der Waals surface area contributed by atoms with Crippen molar-refractivity contribution in [3.8, 4) is 0 Å². The molecule has 29 heavy (non-hydrogen) atoms. The molecule has 1 spiro atoms. The van der Waals surface area contributed by atoms with E-state index in [1.165, 1.54) is 17.4 Å². The van der Waals surface area contributed by atoms with Crippen LogP contribution in [-0.2, 0) is 22.8 Å². The van der Waals surface area contributed by atoms with E-state index in [1.54, 1.807) is 4.68 Å². The first-order valence-electron chi connectivity index (χ1n) is 9.83. The number of nitrogens with one attached hydrogen (secondary N) is 1. The Labute approximate surface area is 176 Å². The molecule has 2 aliphatic heterocycles. The minimum absolute atomic E-state index is 0.00567. The van der Waals surface area contributed by atoms with Gasteiger partial charge in [-0.25, -0.2) is 0 Å². The molecule has 2 N–H and O–H groups in total. The van der Waals surface area contributed by atoms with E-state index >= 15 is 0 Å². The quantitative estimate of drug-likeness (QED) is 0.754. The van der Waals surface area contributed by atoms with E-state index in [9.17, 15) is 13.9 Å². The van der Waals surface area contributed by atoms with Crippen LogP contribution in [0, 0.1) is 5.41 Å². The summed E-state index contributed by atoms with van der Waals surface area (Å²) in [5, 5.41) is 21.6. The fourth-order valence-electron chi connectivity index (χ4n) is 4.64. The van der Waals surface area contributed by atoms with Crippen molar-refractivity contribution >= 4 is 22.9 Å². The number of aromatic nitrogens is 3. The van der Waals surface area contributed by atoms with Gasteiger partial charge in [0, 0.05) is 28.3 Å². The molecule has 2 fully saturated rings. The lowest BCUT2D eigenvalue weighted by molar-refractivity contribution is -0.183. The minimum Gasteiger partial charge on any atom is -0.396 e. The van der Waals surface area contributed by atoms with Gasteiger partial charge in [0.05, 0.1) is 35.4 Å². The summed E-state index contributed by atoms with van der Waals surface area (Å²) in [5.74, 6) is -3.03. The molecule has 3 atom stereocenters. The first-order valence-corrected chi connectivity index (χ1v) is 11.0. The number of hydrogen-bond donors (Lipinski definition) is 2. The van der Waals surface area contributed by atoms with Gasteiger partial charge in [-0.15, -0.1) is 16.4 Å². The molecule has 0 unspecified atom stereocenters. The number of hydrogen-bond acceptors (Lipinski definition) is 6. The van der Waals surface area contributed by atoms with Gasteiger partial charge >= 0.3 is 0 Å². The Balaban J connectivity index is 1.44. The normalized spacial score (nSPS) is 32.3. The topological polar surface area (TPSA) is 72.2 Å². The van der Waals surface area contributed by atoms with E-state index in [1.807, 2.05) is 13.1 Å². The van der Waals surface area contributed by atoms with Crippen molar-refractivity contribution in [2.24, 2.45) is 5.41 Å². The van der Waals surface area contributed by atoms with Crippen LogP contribution in [0.2, 0.25) is 4.34 Å². The molecule has 0 radical (unpaired) electrons. The maximum Gasteiger partial charge on any atom is 0.297 e. The molecule has 0 aromatic carbocycles. The molecule has 1 saturated heterocycles. The molecule has 0 amide bonds. The summed E-state index contributed by atoms with van der Waals surface area (Å²) in [6.07, 6.45) is 4.94. The largest absolute Gasteiger partial charge is 0.396 e. The number of piperidine rings is 1. The van der Waals surface area contributed by atoms with E-state index in [0.29, 0.717) is 28.6 Å². The zero-order valence-corrected chi connectivity index (χ0v) is 17.6. The third-order valence-electron chi connectivity index (χ3n) is 6.40. The van der Waals surface area contributed by atoms with Crippen LogP contribution in [-0.4, -0.2) is 39.4 Å². The smallest absolute Gasteiger partial charge is 0.297 e. The molecule has 158 valence electrons.